The monoisotopic (exact) mass is 294 g/mol. The molecular formula is C17H30N2O2. The Morgan fingerprint density at radius 3 is 2.43 bits per heavy atom. The molecule has 1 N–H and O–H groups in total. The van der Waals surface area contributed by atoms with E-state index in [4.69, 9.17) is 0 Å². The van der Waals surface area contributed by atoms with Crippen LogP contribution in [-0.4, -0.2) is 35.3 Å². The molecule has 0 aromatic heterocycles. The second-order valence-corrected chi connectivity index (χ2v) is 7.70. The Hall–Kier alpha value is -1.06. The predicted octanol–water partition coefficient (Wildman–Crippen LogP) is 2.72. The fourth-order valence-electron chi connectivity index (χ4n) is 3.71. The zero-order chi connectivity index (χ0) is 15.6. The molecule has 2 fully saturated rings. The van der Waals surface area contributed by atoms with Gasteiger partial charge in [0.1, 0.15) is 12.1 Å². The van der Waals surface area contributed by atoms with Crippen LogP contribution in [0.3, 0.4) is 0 Å². The summed E-state index contributed by atoms with van der Waals surface area (Å²) in [7, 11) is 0. The van der Waals surface area contributed by atoms with Gasteiger partial charge in [-0.15, -0.1) is 0 Å². The zero-order valence-electron chi connectivity index (χ0n) is 13.9. The van der Waals surface area contributed by atoms with Crippen LogP contribution in [0, 0.1) is 11.3 Å². The van der Waals surface area contributed by atoms with Crippen LogP contribution in [0.25, 0.3) is 0 Å². The maximum atomic E-state index is 12.7. The third-order valence-corrected chi connectivity index (χ3v) is 5.06. The van der Waals surface area contributed by atoms with Gasteiger partial charge >= 0.3 is 0 Å². The summed E-state index contributed by atoms with van der Waals surface area (Å²) in [4.78, 5) is 26.8. The number of piperazine rings is 1. The Balaban J connectivity index is 2.10. The Bertz CT molecular complexity index is 400. The maximum Gasteiger partial charge on any atom is 0.245 e. The average molecular weight is 294 g/mol. The van der Waals surface area contributed by atoms with Gasteiger partial charge in [0.2, 0.25) is 11.8 Å². The van der Waals surface area contributed by atoms with Crippen LogP contribution in [0.1, 0.15) is 66.2 Å². The number of rotatable bonds is 4. The molecule has 1 saturated carbocycles. The minimum absolute atomic E-state index is 0.000315. The van der Waals surface area contributed by atoms with Crippen molar-refractivity contribution in [3.05, 3.63) is 0 Å². The van der Waals surface area contributed by atoms with Gasteiger partial charge in [-0.25, -0.2) is 0 Å². The molecule has 0 radical (unpaired) electrons. The molecular weight excluding hydrogens is 264 g/mol. The molecule has 2 aliphatic rings. The van der Waals surface area contributed by atoms with Crippen LogP contribution in [0.2, 0.25) is 0 Å². The van der Waals surface area contributed by atoms with E-state index in [0.717, 1.165) is 13.0 Å². The van der Waals surface area contributed by atoms with Crippen LogP contribution in [-0.2, 0) is 9.59 Å². The fraction of sp³-hybridized carbons (Fsp3) is 0.882. The average Bonchev–Trinajstić information content (AvgIpc) is 2.41. The number of nitrogens with one attached hydrogen (secondary N) is 1. The summed E-state index contributed by atoms with van der Waals surface area (Å²) in [6.07, 6.45) is 6.85. The highest BCUT2D eigenvalue weighted by Gasteiger charge is 2.41. The third kappa shape index (κ3) is 3.78. The van der Waals surface area contributed by atoms with E-state index in [0.29, 0.717) is 5.92 Å². The van der Waals surface area contributed by atoms with E-state index in [2.05, 4.69) is 26.1 Å². The van der Waals surface area contributed by atoms with E-state index in [-0.39, 0.29) is 29.3 Å². The first kappa shape index (κ1) is 16.3. The highest BCUT2D eigenvalue weighted by Crippen LogP contribution is 2.37. The quantitative estimate of drug-likeness (QED) is 0.866. The van der Waals surface area contributed by atoms with E-state index in [9.17, 15) is 9.59 Å². The lowest BCUT2D eigenvalue weighted by Crippen LogP contribution is -2.64. The van der Waals surface area contributed by atoms with Gasteiger partial charge < -0.3 is 10.2 Å². The van der Waals surface area contributed by atoms with E-state index < -0.39 is 0 Å². The largest absolute Gasteiger partial charge is 0.343 e. The van der Waals surface area contributed by atoms with Crippen molar-refractivity contribution >= 4 is 11.8 Å². The molecule has 4 heteroatoms. The van der Waals surface area contributed by atoms with Crippen molar-refractivity contribution in [2.45, 2.75) is 78.3 Å². The molecule has 2 amide bonds. The Labute approximate surface area is 128 Å². The Morgan fingerprint density at radius 1 is 1.24 bits per heavy atom. The fourth-order valence-corrected chi connectivity index (χ4v) is 3.71. The summed E-state index contributed by atoms with van der Waals surface area (Å²) >= 11 is 0. The van der Waals surface area contributed by atoms with Crippen molar-refractivity contribution in [1.29, 1.82) is 0 Å². The molecule has 2 rings (SSSR count). The second-order valence-electron chi connectivity index (χ2n) is 7.70. The first-order chi connectivity index (χ1) is 9.82. The molecule has 21 heavy (non-hydrogen) atoms. The van der Waals surface area contributed by atoms with Crippen molar-refractivity contribution in [2.75, 3.05) is 6.54 Å². The van der Waals surface area contributed by atoms with Gasteiger partial charge in [-0.3, -0.25) is 9.59 Å². The lowest BCUT2D eigenvalue weighted by Gasteiger charge is -2.44. The molecule has 4 nitrogen and oxygen atoms in total. The molecule has 1 saturated heterocycles. The smallest absolute Gasteiger partial charge is 0.245 e. The van der Waals surface area contributed by atoms with E-state index in [1.807, 2.05) is 11.8 Å². The molecule has 1 heterocycles. The predicted molar refractivity (Wildman–Crippen MR) is 83.8 cm³/mol. The molecule has 0 spiro atoms. The lowest BCUT2D eigenvalue weighted by atomic mass is 9.75. The van der Waals surface area contributed by atoms with Gasteiger partial charge in [0.15, 0.2) is 0 Å². The van der Waals surface area contributed by atoms with Crippen LogP contribution >= 0.6 is 0 Å². The first-order valence-electron chi connectivity index (χ1n) is 8.43. The van der Waals surface area contributed by atoms with Gasteiger partial charge in [-0.1, -0.05) is 40.0 Å². The van der Waals surface area contributed by atoms with Gasteiger partial charge in [0.05, 0.1) is 0 Å². The van der Waals surface area contributed by atoms with Crippen molar-refractivity contribution < 1.29 is 9.59 Å². The van der Waals surface area contributed by atoms with Crippen molar-refractivity contribution in [2.24, 2.45) is 11.3 Å². The van der Waals surface area contributed by atoms with Crippen LogP contribution in [0.4, 0.5) is 0 Å². The van der Waals surface area contributed by atoms with E-state index in [1.165, 1.54) is 32.1 Å². The SMILES string of the molecule is CC(C)CC1NC(=O)C(C)N(CC2(C)CCCCC2)C1=O. The summed E-state index contributed by atoms with van der Waals surface area (Å²) in [5, 5.41) is 2.90. The number of nitrogens with zero attached hydrogens (tertiary/aromatic N) is 1. The number of amides is 2. The minimum atomic E-state index is -0.334. The van der Waals surface area contributed by atoms with Crippen molar-refractivity contribution in [3.63, 3.8) is 0 Å². The second kappa shape index (κ2) is 6.37. The molecule has 2 atom stereocenters. The summed E-state index contributed by atoms with van der Waals surface area (Å²) in [6.45, 7) is 9.03. The Kier molecular flexibility index (Phi) is 4.95. The highest BCUT2D eigenvalue weighted by atomic mass is 16.2. The summed E-state index contributed by atoms with van der Waals surface area (Å²) in [5.41, 5.74) is 0.183. The topological polar surface area (TPSA) is 49.4 Å². The molecule has 1 aliphatic carbocycles. The lowest BCUT2D eigenvalue weighted by molar-refractivity contribution is -0.151. The number of carbonyl (C=O) groups is 2. The molecule has 2 unspecified atom stereocenters. The molecule has 0 bridgehead atoms. The van der Waals surface area contributed by atoms with Crippen molar-refractivity contribution in [1.82, 2.24) is 10.2 Å². The standard InChI is InChI=1S/C17H30N2O2/c1-12(2)10-14-16(21)19(13(3)15(20)18-14)11-17(4)8-6-5-7-9-17/h12-14H,5-11H2,1-4H3,(H,18,20). The van der Waals surface area contributed by atoms with Crippen molar-refractivity contribution in [3.8, 4) is 0 Å². The highest BCUT2D eigenvalue weighted by molar-refractivity contribution is 5.96. The van der Waals surface area contributed by atoms with Gasteiger partial charge in [0, 0.05) is 6.54 Å². The molecule has 120 valence electrons. The van der Waals surface area contributed by atoms with Crippen LogP contribution in [0.5, 0.6) is 0 Å². The minimum Gasteiger partial charge on any atom is -0.343 e. The first-order valence-corrected chi connectivity index (χ1v) is 8.43. The van der Waals surface area contributed by atoms with Gasteiger partial charge in [0.25, 0.3) is 0 Å². The maximum absolute atomic E-state index is 12.7. The van der Waals surface area contributed by atoms with Crippen LogP contribution in [0.15, 0.2) is 0 Å². The zero-order valence-corrected chi connectivity index (χ0v) is 13.9. The summed E-state index contributed by atoms with van der Waals surface area (Å²) < 4.78 is 0. The van der Waals surface area contributed by atoms with E-state index >= 15 is 0 Å². The molecule has 1 aliphatic heterocycles. The number of hydrogen-bond acceptors (Lipinski definition) is 2. The number of hydrogen-bond donors (Lipinski definition) is 1. The van der Waals surface area contributed by atoms with Gasteiger partial charge in [-0.05, 0) is 37.5 Å². The molecule has 0 aromatic carbocycles. The van der Waals surface area contributed by atoms with Crippen LogP contribution < -0.4 is 5.32 Å². The number of carbonyl (C=O) groups excluding carboxylic acids is 2. The summed E-state index contributed by atoms with van der Waals surface area (Å²) in [6, 6.07) is -0.666. The van der Waals surface area contributed by atoms with E-state index in [1.54, 1.807) is 0 Å². The third-order valence-electron chi connectivity index (χ3n) is 5.06. The summed E-state index contributed by atoms with van der Waals surface area (Å²) in [5.74, 6) is 0.516. The normalized spacial score (nSPS) is 29.7. The Morgan fingerprint density at radius 2 is 1.86 bits per heavy atom. The molecule has 0 aromatic rings. The van der Waals surface area contributed by atoms with Gasteiger partial charge in [-0.2, -0.15) is 0 Å².